The second-order valence-corrected chi connectivity index (χ2v) is 4.69. The van der Waals surface area contributed by atoms with E-state index in [1.54, 1.807) is 0 Å². The Kier molecular flexibility index (Phi) is 3.17. The molecule has 0 bridgehead atoms. The Bertz CT molecular complexity index is 276. The summed E-state index contributed by atoms with van der Waals surface area (Å²) in [5.41, 5.74) is 0.903. The molecule has 1 N–H and O–H groups in total. The molecule has 0 aliphatic carbocycles. The average molecular weight is 193 g/mol. The number of hydrogen-bond acceptors (Lipinski definition) is 2. The maximum atomic E-state index is 10.0. The third-order valence-electron chi connectivity index (χ3n) is 2.30. The molecule has 1 aromatic carbocycles. The Morgan fingerprint density at radius 3 is 2.07 bits per heavy atom. The molecule has 0 saturated carbocycles. The number of aliphatic hydroxyl groups is 1. The lowest BCUT2D eigenvalue weighted by Crippen LogP contribution is -2.41. The molecular weight excluding hydrogens is 174 g/mol. The van der Waals surface area contributed by atoms with Gasteiger partial charge in [-0.3, -0.25) is 0 Å². The first kappa shape index (κ1) is 11.1. The Morgan fingerprint density at radius 2 is 1.64 bits per heavy atom. The van der Waals surface area contributed by atoms with Crippen molar-refractivity contribution in [3.63, 3.8) is 0 Å². The van der Waals surface area contributed by atoms with Crippen LogP contribution in [0.2, 0.25) is 0 Å². The molecule has 14 heavy (non-hydrogen) atoms. The van der Waals surface area contributed by atoms with Crippen LogP contribution in [0.1, 0.15) is 20.8 Å². The third kappa shape index (κ3) is 2.48. The predicted molar refractivity (Wildman–Crippen MR) is 60.3 cm³/mol. The first-order valence-electron chi connectivity index (χ1n) is 4.89. The minimum atomic E-state index is -0.468. The fraction of sp³-hybridized carbons (Fsp3) is 0.500. The number of benzene rings is 1. The van der Waals surface area contributed by atoms with Crippen molar-refractivity contribution < 1.29 is 5.11 Å². The van der Waals surface area contributed by atoms with Crippen LogP contribution >= 0.6 is 0 Å². The number of aliphatic hydroxyl groups excluding tert-OH is 1. The molecule has 0 fully saturated rings. The van der Waals surface area contributed by atoms with E-state index < -0.39 is 6.23 Å². The lowest BCUT2D eigenvalue weighted by atomic mass is 9.93. The van der Waals surface area contributed by atoms with Crippen molar-refractivity contribution in [1.82, 2.24) is 0 Å². The maximum Gasteiger partial charge on any atom is 0.131 e. The fourth-order valence-electron chi connectivity index (χ4n) is 1.39. The normalized spacial score (nSPS) is 13.8. The van der Waals surface area contributed by atoms with Gasteiger partial charge in [0.2, 0.25) is 0 Å². The van der Waals surface area contributed by atoms with Crippen molar-refractivity contribution in [3.8, 4) is 0 Å². The smallest absolute Gasteiger partial charge is 0.131 e. The van der Waals surface area contributed by atoms with Crippen LogP contribution in [0.15, 0.2) is 30.3 Å². The molecule has 78 valence electrons. The molecule has 1 unspecified atom stereocenters. The molecule has 2 nitrogen and oxygen atoms in total. The average Bonchev–Trinajstić information content (AvgIpc) is 2.15. The summed E-state index contributed by atoms with van der Waals surface area (Å²) in [5.74, 6) is 0. The quantitative estimate of drug-likeness (QED) is 0.729. The van der Waals surface area contributed by atoms with Gasteiger partial charge < -0.3 is 10.0 Å². The molecule has 0 amide bonds. The molecular formula is C12H19NO. The van der Waals surface area contributed by atoms with Gasteiger partial charge in [-0.05, 0) is 12.1 Å². The summed E-state index contributed by atoms with van der Waals surface area (Å²) in [5, 5.41) is 10.0. The zero-order chi connectivity index (χ0) is 10.8. The lowest BCUT2D eigenvalue weighted by molar-refractivity contribution is 0.0642. The molecule has 0 spiro atoms. The minimum Gasteiger partial charge on any atom is -0.373 e. The van der Waals surface area contributed by atoms with Crippen LogP contribution in [0.3, 0.4) is 0 Å². The zero-order valence-corrected chi connectivity index (χ0v) is 9.36. The van der Waals surface area contributed by atoms with Crippen LogP contribution in [0.4, 0.5) is 5.69 Å². The number of hydrogen-bond donors (Lipinski definition) is 1. The van der Waals surface area contributed by atoms with Crippen LogP contribution in [0.5, 0.6) is 0 Å². The number of para-hydroxylation sites is 1. The molecule has 0 radical (unpaired) electrons. The van der Waals surface area contributed by atoms with E-state index in [9.17, 15) is 5.11 Å². The Hall–Kier alpha value is -1.02. The van der Waals surface area contributed by atoms with Gasteiger partial charge in [0.1, 0.15) is 6.23 Å². The van der Waals surface area contributed by atoms with E-state index in [0.29, 0.717) is 0 Å². The highest BCUT2D eigenvalue weighted by Gasteiger charge is 2.25. The van der Waals surface area contributed by atoms with E-state index in [-0.39, 0.29) is 5.41 Å². The summed E-state index contributed by atoms with van der Waals surface area (Å²) in [6, 6.07) is 9.91. The highest BCUT2D eigenvalue weighted by atomic mass is 16.3. The maximum absolute atomic E-state index is 10.0. The van der Waals surface area contributed by atoms with Gasteiger partial charge in [0.25, 0.3) is 0 Å². The molecule has 0 aromatic heterocycles. The van der Waals surface area contributed by atoms with Crippen LogP contribution in [0, 0.1) is 5.41 Å². The van der Waals surface area contributed by atoms with E-state index >= 15 is 0 Å². The molecule has 1 atom stereocenters. The first-order valence-corrected chi connectivity index (χ1v) is 4.89. The molecule has 1 rings (SSSR count). The predicted octanol–water partition coefficient (Wildman–Crippen LogP) is 2.49. The summed E-state index contributed by atoms with van der Waals surface area (Å²) in [6.07, 6.45) is -0.468. The van der Waals surface area contributed by atoms with Gasteiger partial charge in [-0.15, -0.1) is 0 Å². The van der Waals surface area contributed by atoms with E-state index in [0.717, 1.165) is 5.69 Å². The van der Waals surface area contributed by atoms with Crippen LogP contribution in [-0.2, 0) is 0 Å². The third-order valence-corrected chi connectivity index (χ3v) is 2.30. The van der Waals surface area contributed by atoms with E-state index in [2.05, 4.69) is 0 Å². The summed E-state index contributed by atoms with van der Waals surface area (Å²) in [6.45, 7) is 6.07. The van der Waals surface area contributed by atoms with Crippen molar-refractivity contribution in [2.45, 2.75) is 27.0 Å². The fourth-order valence-corrected chi connectivity index (χ4v) is 1.39. The highest BCUT2D eigenvalue weighted by molar-refractivity contribution is 5.45. The van der Waals surface area contributed by atoms with E-state index in [4.69, 9.17) is 0 Å². The number of nitrogens with zero attached hydrogens (tertiary/aromatic N) is 1. The standard InChI is InChI=1S/C12H19NO/c1-12(2,3)11(14)13(4)10-8-6-5-7-9-10/h5-9,11,14H,1-4H3. The largest absolute Gasteiger partial charge is 0.373 e. The molecule has 2 heteroatoms. The molecule has 0 heterocycles. The Labute approximate surface area is 86.2 Å². The first-order chi connectivity index (χ1) is 6.43. The van der Waals surface area contributed by atoms with Crippen LogP contribution < -0.4 is 4.90 Å². The van der Waals surface area contributed by atoms with Gasteiger partial charge in [0.15, 0.2) is 0 Å². The molecule has 0 aliphatic heterocycles. The van der Waals surface area contributed by atoms with Crippen molar-refractivity contribution in [2.24, 2.45) is 5.41 Å². The van der Waals surface area contributed by atoms with Crippen molar-refractivity contribution in [3.05, 3.63) is 30.3 Å². The zero-order valence-electron chi connectivity index (χ0n) is 9.36. The Morgan fingerprint density at radius 1 is 1.14 bits per heavy atom. The van der Waals surface area contributed by atoms with Gasteiger partial charge in [-0.2, -0.15) is 0 Å². The second-order valence-electron chi connectivity index (χ2n) is 4.69. The molecule has 1 aromatic rings. The van der Waals surface area contributed by atoms with Crippen molar-refractivity contribution in [2.75, 3.05) is 11.9 Å². The van der Waals surface area contributed by atoms with Gasteiger partial charge in [0.05, 0.1) is 0 Å². The van der Waals surface area contributed by atoms with E-state index in [1.807, 2.05) is 63.1 Å². The summed E-state index contributed by atoms with van der Waals surface area (Å²) >= 11 is 0. The summed E-state index contributed by atoms with van der Waals surface area (Å²) in [7, 11) is 1.91. The SMILES string of the molecule is CN(c1ccccc1)C(O)C(C)(C)C. The summed E-state index contributed by atoms with van der Waals surface area (Å²) < 4.78 is 0. The second kappa shape index (κ2) is 4.01. The van der Waals surface area contributed by atoms with Gasteiger partial charge in [0, 0.05) is 18.2 Å². The number of anilines is 1. The molecule has 0 saturated heterocycles. The van der Waals surface area contributed by atoms with Gasteiger partial charge in [-0.1, -0.05) is 39.0 Å². The molecule has 0 aliphatic rings. The van der Waals surface area contributed by atoms with Crippen LogP contribution in [0.25, 0.3) is 0 Å². The van der Waals surface area contributed by atoms with Gasteiger partial charge >= 0.3 is 0 Å². The monoisotopic (exact) mass is 193 g/mol. The highest BCUT2D eigenvalue weighted by Crippen LogP contribution is 2.25. The minimum absolute atomic E-state index is 0.134. The Balaban J connectivity index is 2.81. The number of rotatable bonds is 2. The summed E-state index contributed by atoms with van der Waals surface area (Å²) in [4.78, 5) is 1.89. The van der Waals surface area contributed by atoms with Crippen molar-refractivity contribution in [1.29, 1.82) is 0 Å². The van der Waals surface area contributed by atoms with Crippen molar-refractivity contribution >= 4 is 5.69 Å². The topological polar surface area (TPSA) is 23.5 Å². The van der Waals surface area contributed by atoms with E-state index in [1.165, 1.54) is 0 Å². The lowest BCUT2D eigenvalue weighted by Gasteiger charge is -2.35. The van der Waals surface area contributed by atoms with Crippen LogP contribution in [-0.4, -0.2) is 18.4 Å². The van der Waals surface area contributed by atoms with Gasteiger partial charge in [-0.25, -0.2) is 0 Å².